The van der Waals surface area contributed by atoms with Gasteiger partial charge in [-0.15, -0.1) is 0 Å². The van der Waals surface area contributed by atoms with E-state index in [1.807, 2.05) is 0 Å². The van der Waals surface area contributed by atoms with Crippen molar-refractivity contribution in [2.24, 2.45) is 0 Å². The molecule has 0 amide bonds. The van der Waals surface area contributed by atoms with Crippen LogP contribution < -0.4 is 5.32 Å². The fourth-order valence-electron chi connectivity index (χ4n) is 3.97. The van der Waals surface area contributed by atoms with Crippen LogP contribution in [0.3, 0.4) is 0 Å². The number of halogens is 3. The summed E-state index contributed by atoms with van der Waals surface area (Å²) in [6.07, 6.45) is -0.0237. The van der Waals surface area contributed by atoms with Gasteiger partial charge in [0.1, 0.15) is 17.5 Å². The molecular weight excluding hydrogens is 447 g/mol. The second-order valence-corrected chi connectivity index (χ2v) is 10.1. The molecule has 2 aromatic heterocycles. The lowest BCUT2D eigenvalue weighted by molar-refractivity contribution is -0.137. The third kappa shape index (κ3) is 5.36. The van der Waals surface area contributed by atoms with Gasteiger partial charge in [-0.05, 0) is 31.4 Å². The maximum atomic E-state index is 13.1. The Labute approximate surface area is 184 Å². The van der Waals surface area contributed by atoms with Crippen molar-refractivity contribution in [3.8, 4) is 0 Å². The molecule has 1 N–H and O–H groups in total. The highest BCUT2D eigenvalue weighted by molar-refractivity contribution is 7.88. The number of rotatable bonds is 5. The topological polar surface area (TPSA) is 97.3 Å². The largest absolute Gasteiger partial charge is 0.416 e. The molecule has 2 aliphatic rings. The van der Waals surface area contributed by atoms with Crippen LogP contribution in [-0.4, -0.2) is 60.2 Å². The molecule has 174 valence electrons. The van der Waals surface area contributed by atoms with Crippen LogP contribution in [0.15, 0.2) is 24.4 Å². The van der Waals surface area contributed by atoms with Crippen LogP contribution in [0.25, 0.3) is 0 Å². The van der Waals surface area contributed by atoms with Gasteiger partial charge in [0.25, 0.3) is 0 Å². The quantitative estimate of drug-likeness (QED) is 0.715. The van der Waals surface area contributed by atoms with Gasteiger partial charge in [-0.25, -0.2) is 27.7 Å². The van der Waals surface area contributed by atoms with Crippen molar-refractivity contribution >= 4 is 21.7 Å². The Morgan fingerprint density at radius 1 is 1.16 bits per heavy atom. The van der Waals surface area contributed by atoms with Crippen molar-refractivity contribution in [2.45, 2.75) is 37.3 Å². The molecule has 0 saturated carbocycles. The van der Waals surface area contributed by atoms with Crippen LogP contribution in [0.2, 0.25) is 0 Å². The van der Waals surface area contributed by atoms with E-state index in [4.69, 9.17) is 9.72 Å². The molecule has 2 atom stereocenters. The first-order valence-corrected chi connectivity index (χ1v) is 12.2. The van der Waals surface area contributed by atoms with Crippen molar-refractivity contribution in [1.29, 1.82) is 0 Å². The first kappa shape index (κ1) is 22.9. The van der Waals surface area contributed by atoms with Gasteiger partial charge in [-0.1, -0.05) is 0 Å². The van der Waals surface area contributed by atoms with Crippen molar-refractivity contribution in [3.63, 3.8) is 0 Å². The number of nitrogens with zero attached hydrogens (tertiary/aromatic N) is 4. The Morgan fingerprint density at radius 2 is 1.97 bits per heavy atom. The Bertz CT molecular complexity index is 1070. The van der Waals surface area contributed by atoms with Gasteiger partial charge in [-0.2, -0.15) is 13.2 Å². The van der Waals surface area contributed by atoms with Crippen LogP contribution in [0.1, 0.15) is 48.2 Å². The van der Waals surface area contributed by atoms with Gasteiger partial charge in [0.15, 0.2) is 0 Å². The number of hydrogen-bond donors (Lipinski definition) is 1. The Morgan fingerprint density at radius 3 is 2.66 bits per heavy atom. The molecule has 2 aliphatic heterocycles. The van der Waals surface area contributed by atoms with Crippen molar-refractivity contribution in [2.75, 3.05) is 37.9 Å². The predicted molar refractivity (Wildman–Crippen MR) is 111 cm³/mol. The van der Waals surface area contributed by atoms with Gasteiger partial charge in [0.05, 0.1) is 24.1 Å². The van der Waals surface area contributed by atoms with E-state index in [0.717, 1.165) is 31.2 Å². The lowest BCUT2D eigenvalue weighted by Crippen LogP contribution is -2.38. The summed E-state index contributed by atoms with van der Waals surface area (Å²) in [6, 6.07) is 3.49. The number of pyridine rings is 1. The molecule has 12 heteroatoms. The number of nitrogens with one attached hydrogen (secondary N) is 1. The molecule has 8 nitrogen and oxygen atoms in total. The number of alkyl halides is 3. The van der Waals surface area contributed by atoms with Gasteiger partial charge >= 0.3 is 6.18 Å². The van der Waals surface area contributed by atoms with E-state index in [-0.39, 0.29) is 17.7 Å². The van der Waals surface area contributed by atoms with Gasteiger partial charge in [-0.3, -0.25) is 0 Å². The third-order valence-corrected chi connectivity index (χ3v) is 6.94. The fourth-order valence-corrected chi connectivity index (χ4v) is 4.88. The molecule has 0 spiro atoms. The van der Waals surface area contributed by atoms with Crippen LogP contribution in [-0.2, 0) is 20.9 Å². The van der Waals surface area contributed by atoms with E-state index in [0.29, 0.717) is 50.1 Å². The zero-order valence-electron chi connectivity index (χ0n) is 17.5. The van der Waals surface area contributed by atoms with Gasteiger partial charge < -0.3 is 10.1 Å². The van der Waals surface area contributed by atoms with Crippen LogP contribution in [0.5, 0.6) is 0 Å². The van der Waals surface area contributed by atoms with E-state index in [2.05, 4.69) is 15.3 Å². The Hall–Kier alpha value is -2.31. The number of anilines is 2. The summed E-state index contributed by atoms with van der Waals surface area (Å²) in [5.41, 5.74) is -0.158. The SMILES string of the molecule is CS(=O)(=O)N1CCCC(c2cc(Nc3cc(C(F)(F)F)ccn3)nc(C3CCOC3)n2)C1. The molecule has 0 aliphatic carbocycles. The summed E-state index contributed by atoms with van der Waals surface area (Å²) < 4.78 is 70.1. The molecule has 2 unspecified atom stereocenters. The number of hydrogen-bond acceptors (Lipinski definition) is 7. The number of ether oxygens (including phenoxy) is 1. The first-order chi connectivity index (χ1) is 15.1. The van der Waals surface area contributed by atoms with Crippen LogP contribution >= 0.6 is 0 Å². The monoisotopic (exact) mass is 471 g/mol. The normalized spacial score (nSPS) is 22.8. The zero-order valence-corrected chi connectivity index (χ0v) is 18.3. The average Bonchev–Trinajstić information content (AvgIpc) is 3.28. The van der Waals surface area contributed by atoms with E-state index < -0.39 is 21.8 Å². The summed E-state index contributed by atoms with van der Waals surface area (Å²) >= 11 is 0. The minimum atomic E-state index is -4.49. The fraction of sp³-hybridized carbons (Fsp3) is 0.550. The minimum absolute atomic E-state index is 0.0134. The molecule has 0 aromatic carbocycles. The van der Waals surface area contributed by atoms with Crippen molar-refractivity contribution < 1.29 is 26.3 Å². The number of sulfonamides is 1. The van der Waals surface area contributed by atoms with Crippen molar-refractivity contribution in [1.82, 2.24) is 19.3 Å². The summed E-state index contributed by atoms with van der Waals surface area (Å²) in [5, 5.41) is 2.87. The molecule has 4 rings (SSSR count). The summed E-state index contributed by atoms with van der Waals surface area (Å²) in [4.78, 5) is 13.2. The maximum absolute atomic E-state index is 13.1. The molecule has 2 aromatic rings. The molecule has 0 radical (unpaired) electrons. The van der Waals surface area contributed by atoms with Gasteiger partial charge in [0.2, 0.25) is 10.0 Å². The number of piperidine rings is 1. The smallest absolute Gasteiger partial charge is 0.381 e. The zero-order chi connectivity index (χ0) is 22.9. The van der Waals surface area contributed by atoms with E-state index in [1.54, 1.807) is 6.07 Å². The Kier molecular flexibility index (Phi) is 6.37. The van der Waals surface area contributed by atoms with E-state index in [1.165, 1.54) is 10.6 Å². The highest BCUT2D eigenvalue weighted by atomic mass is 32.2. The minimum Gasteiger partial charge on any atom is -0.381 e. The highest BCUT2D eigenvalue weighted by Gasteiger charge is 2.32. The van der Waals surface area contributed by atoms with Crippen LogP contribution in [0, 0.1) is 0 Å². The molecule has 4 heterocycles. The standard InChI is InChI=1S/C20H24F3N5O3S/c1-32(29,30)28-7-2-3-13(11-28)16-10-18(27-19(25-16)14-5-8-31-12-14)26-17-9-15(4-6-24-17)20(21,22)23/h4,6,9-10,13-14H,2-3,5,7-8,11-12H2,1H3,(H,24,25,26,27). The van der Waals surface area contributed by atoms with E-state index >= 15 is 0 Å². The van der Waals surface area contributed by atoms with Crippen LogP contribution in [0.4, 0.5) is 24.8 Å². The lowest BCUT2D eigenvalue weighted by atomic mass is 9.95. The summed E-state index contributed by atoms with van der Waals surface area (Å²) in [7, 11) is -3.33. The molecule has 2 saturated heterocycles. The van der Waals surface area contributed by atoms with E-state index in [9.17, 15) is 21.6 Å². The second kappa shape index (κ2) is 8.91. The van der Waals surface area contributed by atoms with Gasteiger partial charge in [0, 0.05) is 43.8 Å². The summed E-state index contributed by atoms with van der Waals surface area (Å²) in [5.74, 6) is 0.697. The maximum Gasteiger partial charge on any atom is 0.416 e. The molecule has 0 bridgehead atoms. The van der Waals surface area contributed by atoms with Crippen molar-refractivity contribution in [3.05, 3.63) is 41.5 Å². The lowest BCUT2D eigenvalue weighted by Gasteiger charge is -2.31. The Balaban J connectivity index is 1.66. The second-order valence-electron chi connectivity index (χ2n) is 8.11. The summed E-state index contributed by atoms with van der Waals surface area (Å²) in [6.45, 7) is 1.81. The number of aromatic nitrogens is 3. The molecular formula is C20H24F3N5O3S. The highest BCUT2D eigenvalue weighted by Crippen LogP contribution is 2.33. The molecule has 32 heavy (non-hydrogen) atoms. The average molecular weight is 472 g/mol. The molecule has 2 fully saturated rings. The third-order valence-electron chi connectivity index (χ3n) is 5.67. The predicted octanol–water partition coefficient (Wildman–Crippen LogP) is 3.28. The first-order valence-electron chi connectivity index (χ1n) is 10.3.